The van der Waals surface area contributed by atoms with Crippen LogP contribution in [-0.2, 0) is 7.05 Å². The minimum absolute atomic E-state index is 0.371. The average molecular weight is 226 g/mol. The van der Waals surface area contributed by atoms with Crippen molar-refractivity contribution in [3.63, 3.8) is 0 Å². The van der Waals surface area contributed by atoms with Crippen LogP contribution in [-0.4, -0.2) is 9.78 Å². The third kappa shape index (κ3) is 2.45. The van der Waals surface area contributed by atoms with E-state index >= 15 is 0 Å². The zero-order chi connectivity index (χ0) is 12.3. The molecule has 4 heteroatoms. The first kappa shape index (κ1) is 11.2. The summed E-state index contributed by atoms with van der Waals surface area (Å²) >= 11 is 0. The smallest absolute Gasteiger partial charge is 0.143 e. The third-order valence-electron chi connectivity index (χ3n) is 2.63. The van der Waals surface area contributed by atoms with Gasteiger partial charge in [-0.1, -0.05) is 18.2 Å². The minimum atomic E-state index is -0.371. The molecule has 2 rings (SSSR count). The fraction of sp³-hybridized carbons (Fsp3) is 0.231. The molecule has 0 saturated carbocycles. The largest absolute Gasteiger partial charge is 0.366 e. The van der Waals surface area contributed by atoms with Crippen molar-refractivity contribution in [3.8, 4) is 6.07 Å². The molecular weight excluding hydrogens is 212 g/mol. The maximum atomic E-state index is 9.19. The van der Waals surface area contributed by atoms with E-state index in [-0.39, 0.29) is 6.04 Å². The summed E-state index contributed by atoms with van der Waals surface area (Å²) in [5, 5.41) is 16.5. The Morgan fingerprint density at radius 3 is 2.76 bits per heavy atom. The molecule has 1 aromatic carbocycles. The zero-order valence-electron chi connectivity index (χ0n) is 9.88. The summed E-state index contributed by atoms with van der Waals surface area (Å²) in [5.74, 6) is 0. The number of para-hydroxylation sites is 1. The van der Waals surface area contributed by atoms with E-state index in [9.17, 15) is 5.26 Å². The summed E-state index contributed by atoms with van der Waals surface area (Å²) in [7, 11) is 1.84. The number of aryl methyl sites for hydroxylation is 2. The molecule has 0 fully saturated rings. The van der Waals surface area contributed by atoms with E-state index in [1.807, 2.05) is 44.4 Å². The number of benzene rings is 1. The molecule has 4 nitrogen and oxygen atoms in total. The van der Waals surface area contributed by atoms with E-state index in [2.05, 4.69) is 16.5 Å². The van der Waals surface area contributed by atoms with Gasteiger partial charge in [0.1, 0.15) is 6.04 Å². The average Bonchev–Trinajstić information content (AvgIpc) is 2.75. The lowest BCUT2D eigenvalue weighted by atomic mass is 10.1. The van der Waals surface area contributed by atoms with Gasteiger partial charge in [0.25, 0.3) is 0 Å². The summed E-state index contributed by atoms with van der Waals surface area (Å²) in [6.07, 6.45) is 3.55. The van der Waals surface area contributed by atoms with Crippen molar-refractivity contribution < 1.29 is 0 Å². The normalized spacial score (nSPS) is 11.8. The van der Waals surface area contributed by atoms with Gasteiger partial charge in [-0.25, -0.2) is 0 Å². The van der Waals surface area contributed by atoms with Gasteiger partial charge in [0.2, 0.25) is 0 Å². The first-order valence-electron chi connectivity index (χ1n) is 5.41. The second-order valence-electron chi connectivity index (χ2n) is 3.97. The molecule has 2 aromatic rings. The standard InChI is InChI=1S/C13H14N4/c1-10-5-3-4-6-12(10)16-13(7-14)11-8-15-17(2)9-11/h3-6,8-9,13,16H,1-2H3. The minimum Gasteiger partial charge on any atom is -0.366 e. The van der Waals surface area contributed by atoms with E-state index in [0.29, 0.717) is 0 Å². The summed E-state index contributed by atoms with van der Waals surface area (Å²) < 4.78 is 1.69. The summed E-state index contributed by atoms with van der Waals surface area (Å²) in [6, 6.07) is 9.78. The van der Waals surface area contributed by atoms with E-state index < -0.39 is 0 Å². The maximum Gasteiger partial charge on any atom is 0.143 e. The van der Waals surface area contributed by atoms with Gasteiger partial charge in [-0.05, 0) is 18.6 Å². The zero-order valence-corrected chi connectivity index (χ0v) is 9.88. The highest BCUT2D eigenvalue weighted by molar-refractivity contribution is 5.52. The number of nitrogens with one attached hydrogen (secondary N) is 1. The number of nitrogens with zero attached hydrogens (tertiary/aromatic N) is 3. The Bertz CT molecular complexity index is 551. The number of hydrogen-bond donors (Lipinski definition) is 1. The van der Waals surface area contributed by atoms with Crippen LogP contribution < -0.4 is 5.32 Å². The summed E-state index contributed by atoms with van der Waals surface area (Å²) in [6.45, 7) is 2.01. The maximum absolute atomic E-state index is 9.19. The lowest BCUT2D eigenvalue weighted by molar-refractivity contribution is 0.766. The topological polar surface area (TPSA) is 53.6 Å². The lowest BCUT2D eigenvalue weighted by Gasteiger charge is -2.13. The van der Waals surface area contributed by atoms with Gasteiger partial charge < -0.3 is 5.32 Å². The van der Waals surface area contributed by atoms with Gasteiger partial charge in [0.05, 0.1) is 12.3 Å². The van der Waals surface area contributed by atoms with E-state index in [0.717, 1.165) is 16.8 Å². The Kier molecular flexibility index (Phi) is 3.10. The highest BCUT2D eigenvalue weighted by Crippen LogP contribution is 2.21. The predicted octanol–water partition coefficient (Wildman–Crippen LogP) is 2.41. The van der Waals surface area contributed by atoms with E-state index in [1.165, 1.54) is 0 Å². The SMILES string of the molecule is Cc1ccccc1NC(C#N)c1cnn(C)c1. The lowest BCUT2D eigenvalue weighted by Crippen LogP contribution is -2.08. The van der Waals surface area contributed by atoms with Gasteiger partial charge in [0, 0.05) is 24.5 Å². The van der Waals surface area contributed by atoms with Gasteiger partial charge >= 0.3 is 0 Å². The second-order valence-corrected chi connectivity index (χ2v) is 3.97. The summed E-state index contributed by atoms with van der Waals surface area (Å²) in [4.78, 5) is 0. The molecule has 0 aliphatic heterocycles. The van der Waals surface area contributed by atoms with Crippen LogP contribution >= 0.6 is 0 Å². The molecule has 1 atom stereocenters. The Balaban J connectivity index is 2.22. The van der Waals surface area contributed by atoms with Crippen molar-refractivity contribution >= 4 is 5.69 Å². The summed E-state index contributed by atoms with van der Waals surface area (Å²) in [5.41, 5.74) is 2.97. The monoisotopic (exact) mass is 226 g/mol. The Labute approximate surface area is 100 Å². The highest BCUT2D eigenvalue weighted by atomic mass is 15.2. The van der Waals surface area contributed by atoms with Crippen LogP contribution in [0.1, 0.15) is 17.2 Å². The van der Waals surface area contributed by atoms with Gasteiger partial charge in [-0.3, -0.25) is 4.68 Å². The molecule has 1 N–H and O–H groups in total. The molecular formula is C13H14N4. The number of aromatic nitrogens is 2. The van der Waals surface area contributed by atoms with Gasteiger partial charge in [-0.2, -0.15) is 10.4 Å². The van der Waals surface area contributed by atoms with Gasteiger partial charge in [0.15, 0.2) is 0 Å². The number of nitriles is 1. The van der Waals surface area contributed by atoms with Crippen LogP contribution in [0.2, 0.25) is 0 Å². The molecule has 0 saturated heterocycles. The number of anilines is 1. The van der Waals surface area contributed by atoms with Crippen LogP contribution in [0, 0.1) is 18.3 Å². The molecule has 0 spiro atoms. The Morgan fingerprint density at radius 2 is 2.18 bits per heavy atom. The van der Waals surface area contributed by atoms with Crippen LogP contribution in [0.25, 0.3) is 0 Å². The fourth-order valence-corrected chi connectivity index (χ4v) is 1.67. The van der Waals surface area contributed by atoms with Crippen molar-refractivity contribution in [2.75, 3.05) is 5.32 Å². The van der Waals surface area contributed by atoms with Crippen molar-refractivity contribution in [1.82, 2.24) is 9.78 Å². The Morgan fingerprint density at radius 1 is 1.41 bits per heavy atom. The fourth-order valence-electron chi connectivity index (χ4n) is 1.67. The van der Waals surface area contributed by atoms with Crippen LogP contribution in [0.4, 0.5) is 5.69 Å². The second kappa shape index (κ2) is 4.71. The van der Waals surface area contributed by atoms with Crippen molar-refractivity contribution in [1.29, 1.82) is 5.26 Å². The van der Waals surface area contributed by atoms with Gasteiger partial charge in [-0.15, -0.1) is 0 Å². The van der Waals surface area contributed by atoms with Crippen molar-refractivity contribution in [3.05, 3.63) is 47.8 Å². The van der Waals surface area contributed by atoms with Crippen molar-refractivity contribution in [2.45, 2.75) is 13.0 Å². The van der Waals surface area contributed by atoms with E-state index in [4.69, 9.17) is 0 Å². The Hall–Kier alpha value is -2.28. The predicted molar refractivity (Wildman–Crippen MR) is 66.4 cm³/mol. The molecule has 0 aliphatic rings. The van der Waals surface area contributed by atoms with Crippen LogP contribution in [0.3, 0.4) is 0 Å². The molecule has 1 heterocycles. The first-order chi connectivity index (χ1) is 8.20. The first-order valence-corrected chi connectivity index (χ1v) is 5.41. The third-order valence-corrected chi connectivity index (χ3v) is 2.63. The molecule has 86 valence electrons. The number of rotatable bonds is 3. The molecule has 0 radical (unpaired) electrons. The molecule has 1 unspecified atom stereocenters. The molecule has 0 aliphatic carbocycles. The van der Waals surface area contributed by atoms with Crippen molar-refractivity contribution in [2.24, 2.45) is 7.05 Å². The molecule has 0 amide bonds. The van der Waals surface area contributed by atoms with Crippen LogP contribution in [0.5, 0.6) is 0 Å². The highest BCUT2D eigenvalue weighted by Gasteiger charge is 2.12. The molecule has 0 bridgehead atoms. The van der Waals surface area contributed by atoms with E-state index in [1.54, 1.807) is 10.9 Å². The van der Waals surface area contributed by atoms with Crippen LogP contribution in [0.15, 0.2) is 36.7 Å². The molecule has 1 aromatic heterocycles. The quantitative estimate of drug-likeness (QED) is 0.874. The number of hydrogen-bond acceptors (Lipinski definition) is 3. The molecule has 17 heavy (non-hydrogen) atoms.